The van der Waals surface area contributed by atoms with E-state index in [2.05, 4.69) is 9.97 Å². The number of hydrogen-bond acceptors (Lipinski definition) is 5. The summed E-state index contributed by atoms with van der Waals surface area (Å²) in [5.74, 6) is 0.541. The van der Waals surface area contributed by atoms with Crippen LogP contribution in [0, 0.1) is 6.92 Å². The molecule has 3 rings (SSSR count). The van der Waals surface area contributed by atoms with Crippen LogP contribution in [0.3, 0.4) is 0 Å². The molecular weight excluding hydrogens is 318 g/mol. The molecule has 0 saturated heterocycles. The molecule has 0 fully saturated rings. The van der Waals surface area contributed by atoms with Gasteiger partial charge in [-0.2, -0.15) is 4.98 Å². The van der Waals surface area contributed by atoms with E-state index in [1.807, 2.05) is 45.0 Å². The minimum Gasteiger partial charge on any atom is -0.493 e. The van der Waals surface area contributed by atoms with Crippen LogP contribution in [0.4, 0.5) is 4.79 Å². The summed E-state index contributed by atoms with van der Waals surface area (Å²) in [6.45, 7) is 8.46. The van der Waals surface area contributed by atoms with E-state index < -0.39 is 5.60 Å². The van der Waals surface area contributed by atoms with Crippen molar-refractivity contribution in [2.75, 3.05) is 13.1 Å². The van der Waals surface area contributed by atoms with Gasteiger partial charge in [-0.1, -0.05) is 12.1 Å². The van der Waals surface area contributed by atoms with Gasteiger partial charge in [-0.05, 0) is 57.4 Å². The lowest BCUT2D eigenvalue weighted by atomic mass is 9.98. The number of aromatic hydroxyl groups is 1. The highest BCUT2D eigenvalue weighted by Crippen LogP contribution is 2.29. The van der Waals surface area contributed by atoms with Gasteiger partial charge in [0.2, 0.25) is 5.88 Å². The van der Waals surface area contributed by atoms with Crippen LogP contribution in [0.25, 0.3) is 16.5 Å². The molecule has 1 aromatic carbocycles. The molecule has 0 unspecified atom stereocenters. The monoisotopic (exact) mass is 341 g/mol. The predicted octanol–water partition coefficient (Wildman–Crippen LogP) is 3.67. The van der Waals surface area contributed by atoms with Gasteiger partial charge in [0.15, 0.2) is 0 Å². The van der Waals surface area contributed by atoms with Gasteiger partial charge in [0.1, 0.15) is 11.4 Å². The predicted molar refractivity (Wildman–Crippen MR) is 96.3 cm³/mol. The van der Waals surface area contributed by atoms with E-state index >= 15 is 0 Å². The summed E-state index contributed by atoms with van der Waals surface area (Å²) < 4.78 is 5.41. The van der Waals surface area contributed by atoms with Crippen molar-refractivity contribution in [3.8, 4) is 5.88 Å². The van der Waals surface area contributed by atoms with Crippen LogP contribution in [-0.2, 0) is 4.74 Å². The fourth-order valence-corrected chi connectivity index (χ4v) is 2.85. The van der Waals surface area contributed by atoms with E-state index in [4.69, 9.17) is 4.74 Å². The molecule has 0 atom stereocenters. The highest BCUT2D eigenvalue weighted by atomic mass is 16.6. The first kappa shape index (κ1) is 17.2. The summed E-state index contributed by atoms with van der Waals surface area (Å²) in [6, 6.07) is 5.78. The first-order chi connectivity index (χ1) is 11.7. The lowest BCUT2D eigenvalue weighted by Gasteiger charge is -2.29. The van der Waals surface area contributed by atoms with Crippen molar-refractivity contribution in [2.45, 2.75) is 39.7 Å². The van der Waals surface area contributed by atoms with Gasteiger partial charge in [-0.3, -0.25) is 0 Å². The van der Waals surface area contributed by atoms with Crippen LogP contribution in [0.5, 0.6) is 5.88 Å². The Morgan fingerprint density at radius 3 is 2.68 bits per heavy atom. The zero-order chi connectivity index (χ0) is 18.2. The van der Waals surface area contributed by atoms with Gasteiger partial charge in [0.25, 0.3) is 0 Å². The molecule has 0 aliphatic carbocycles. The summed E-state index contributed by atoms with van der Waals surface area (Å²) in [5.41, 5.74) is 2.39. The third-order valence-corrected chi connectivity index (χ3v) is 4.02. The lowest BCUT2D eigenvalue weighted by Crippen LogP contribution is -2.39. The van der Waals surface area contributed by atoms with Crippen molar-refractivity contribution < 1.29 is 14.6 Å². The van der Waals surface area contributed by atoms with Crippen LogP contribution in [-0.4, -0.2) is 44.8 Å². The average molecular weight is 341 g/mol. The maximum absolute atomic E-state index is 12.1. The summed E-state index contributed by atoms with van der Waals surface area (Å²) in [5, 5.41) is 10.7. The minimum atomic E-state index is -0.491. The van der Waals surface area contributed by atoms with Crippen molar-refractivity contribution >= 4 is 22.6 Å². The first-order valence-electron chi connectivity index (χ1n) is 8.37. The maximum atomic E-state index is 12.1. The van der Waals surface area contributed by atoms with Gasteiger partial charge in [-0.15, -0.1) is 0 Å². The standard InChI is InChI=1S/C19H23N3O3/c1-12-20-16-6-5-14(11-15(16)17(23)21-12)13-7-9-22(10-8-13)18(24)25-19(2,3)4/h5-7,11H,8-10H2,1-4H3,(H,20,21,23). The molecule has 25 heavy (non-hydrogen) atoms. The molecule has 0 bridgehead atoms. The molecule has 132 valence electrons. The fraction of sp³-hybridized carbons (Fsp3) is 0.421. The molecule has 1 N–H and O–H groups in total. The van der Waals surface area contributed by atoms with Crippen LogP contribution in [0.15, 0.2) is 24.3 Å². The second-order valence-electron chi connectivity index (χ2n) is 7.23. The van der Waals surface area contributed by atoms with Gasteiger partial charge in [0, 0.05) is 13.1 Å². The second-order valence-corrected chi connectivity index (χ2v) is 7.23. The van der Waals surface area contributed by atoms with Gasteiger partial charge < -0.3 is 14.7 Å². The lowest BCUT2D eigenvalue weighted by molar-refractivity contribution is 0.0270. The minimum absolute atomic E-state index is 0.00357. The van der Waals surface area contributed by atoms with Crippen LogP contribution >= 0.6 is 0 Å². The highest BCUT2D eigenvalue weighted by Gasteiger charge is 2.24. The number of hydrogen-bond donors (Lipinski definition) is 1. The van der Waals surface area contributed by atoms with E-state index in [0.717, 1.165) is 23.1 Å². The molecule has 2 aromatic rings. The van der Waals surface area contributed by atoms with Crippen molar-refractivity contribution in [3.05, 3.63) is 35.7 Å². The number of rotatable bonds is 1. The Morgan fingerprint density at radius 2 is 2.04 bits per heavy atom. The highest BCUT2D eigenvalue weighted by molar-refractivity contribution is 5.87. The number of aryl methyl sites for hydroxylation is 1. The normalized spacial score (nSPS) is 15.2. The Balaban J connectivity index is 1.80. The van der Waals surface area contributed by atoms with Gasteiger partial charge in [0.05, 0.1) is 10.9 Å². The quantitative estimate of drug-likeness (QED) is 0.856. The third kappa shape index (κ3) is 3.90. The average Bonchev–Trinajstić information content (AvgIpc) is 2.53. The van der Waals surface area contributed by atoms with Gasteiger partial charge >= 0.3 is 6.09 Å². The molecule has 0 spiro atoms. The van der Waals surface area contributed by atoms with E-state index in [-0.39, 0.29) is 12.0 Å². The third-order valence-electron chi connectivity index (χ3n) is 4.02. The van der Waals surface area contributed by atoms with Crippen LogP contribution < -0.4 is 0 Å². The Bertz CT molecular complexity index is 853. The zero-order valence-electron chi connectivity index (χ0n) is 15.0. The summed E-state index contributed by atoms with van der Waals surface area (Å²) >= 11 is 0. The molecule has 2 heterocycles. The Labute approximate surface area is 147 Å². The number of benzene rings is 1. The number of amides is 1. The number of ether oxygens (including phenoxy) is 1. The number of carbonyl (C=O) groups is 1. The molecule has 1 amide bonds. The summed E-state index contributed by atoms with van der Waals surface area (Å²) in [6.07, 6.45) is 2.47. The van der Waals surface area contributed by atoms with E-state index in [1.165, 1.54) is 0 Å². The maximum Gasteiger partial charge on any atom is 0.410 e. The number of carbonyl (C=O) groups excluding carboxylic acids is 1. The molecular formula is C19H23N3O3. The molecule has 6 heteroatoms. The van der Waals surface area contributed by atoms with Gasteiger partial charge in [-0.25, -0.2) is 9.78 Å². The van der Waals surface area contributed by atoms with Crippen molar-refractivity contribution in [1.29, 1.82) is 0 Å². The first-order valence-corrected chi connectivity index (χ1v) is 8.37. The van der Waals surface area contributed by atoms with Crippen molar-refractivity contribution in [3.63, 3.8) is 0 Å². The molecule has 0 saturated carbocycles. The molecule has 6 nitrogen and oxygen atoms in total. The van der Waals surface area contributed by atoms with E-state index in [0.29, 0.717) is 24.3 Å². The fourth-order valence-electron chi connectivity index (χ4n) is 2.85. The Hall–Kier alpha value is -2.63. The molecule has 1 aliphatic rings. The molecule has 0 radical (unpaired) electrons. The SMILES string of the molecule is Cc1nc(O)c2cc(C3=CCN(C(=O)OC(C)(C)C)CC3)ccc2n1. The molecule has 1 aromatic heterocycles. The van der Waals surface area contributed by atoms with Crippen LogP contribution in [0.2, 0.25) is 0 Å². The topological polar surface area (TPSA) is 75.6 Å². The summed E-state index contributed by atoms with van der Waals surface area (Å²) in [7, 11) is 0. The Kier molecular flexibility index (Phi) is 4.37. The van der Waals surface area contributed by atoms with Crippen molar-refractivity contribution in [1.82, 2.24) is 14.9 Å². The van der Waals surface area contributed by atoms with E-state index in [9.17, 15) is 9.90 Å². The second kappa shape index (κ2) is 6.35. The Morgan fingerprint density at radius 1 is 1.28 bits per heavy atom. The largest absolute Gasteiger partial charge is 0.493 e. The van der Waals surface area contributed by atoms with E-state index in [1.54, 1.807) is 11.8 Å². The number of nitrogens with zero attached hydrogens (tertiary/aromatic N) is 3. The zero-order valence-corrected chi connectivity index (χ0v) is 15.0. The molecule has 1 aliphatic heterocycles. The number of fused-ring (bicyclic) bond motifs is 1. The number of aromatic nitrogens is 2. The summed E-state index contributed by atoms with van der Waals surface area (Å²) in [4.78, 5) is 22.2. The van der Waals surface area contributed by atoms with Crippen molar-refractivity contribution in [2.24, 2.45) is 0 Å². The smallest absolute Gasteiger partial charge is 0.410 e. The van der Waals surface area contributed by atoms with Crippen LogP contribution in [0.1, 0.15) is 38.6 Å².